The Morgan fingerprint density at radius 2 is 2.11 bits per heavy atom. The van der Waals surface area contributed by atoms with Gasteiger partial charge < -0.3 is 16.2 Å². The van der Waals surface area contributed by atoms with E-state index in [2.05, 4.69) is 15.3 Å². The molecule has 2 aromatic rings. The van der Waals surface area contributed by atoms with E-state index in [0.717, 1.165) is 11.1 Å². The van der Waals surface area contributed by atoms with Gasteiger partial charge in [-0.2, -0.15) is 5.26 Å². The van der Waals surface area contributed by atoms with Crippen LogP contribution in [0, 0.1) is 11.3 Å². The molecule has 0 fully saturated rings. The summed E-state index contributed by atoms with van der Waals surface area (Å²) in [6.07, 6.45) is 3.32. The largest absolute Gasteiger partial charge is 0.395 e. The van der Waals surface area contributed by atoms with E-state index in [9.17, 15) is 0 Å². The Labute approximate surface area is 110 Å². The summed E-state index contributed by atoms with van der Waals surface area (Å²) in [6.45, 7) is 0.341. The van der Waals surface area contributed by atoms with Crippen LogP contribution in [0.3, 0.4) is 0 Å². The number of hydrogen-bond acceptors (Lipinski definition) is 6. The van der Waals surface area contributed by atoms with E-state index in [1.54, 1.807) is 18.5 Å². The highest BCUT2D eigenvalue weighted by molar-refractivity contribution is 5.78. The third kappa shape index (κ3) is 2.78. The molecule has 6 heteroatoms. The third-order valence-electron chi connectivity index (χ3n) is 2.57. The molecule has 0 aliphatic heterocycles. The van der Waals surface area contributed by atoms with Crippen LogP contribution in [-0.2, 0) is 0 Å². The number of nitrogen functional groups attached to an aromatic ring is 1. The molecule has 0 radical (unpaired) electrons. The Bertz CT molecular complexity index is 606. The highest BCUT2D eigenvalue weighted by atomic mass is 16.3. The average Bonchev–Trinajstić information content (AvgIpc) is 2.46. The van der Waals surface area contributed by atoms with Crippen LogP contribution in [-0.4, -0.2) is 28.2 Å². The Hall–Kier alpha value is -2.65. The van der Waals surface area contributed by atoms with Crippen LogP contribution in [0.4, 0.5) is 11.6 Å². The van der Waals surface area contributed by atoms with Crippen LogP contribution in [0.5, 0.6) is 0 Å². The van der Waals surface area contributed by atoms with E-state index in [0.29, 0.717) is 17.9 Å². The van der Waals surface area contributed by atoms with Crippen LogP contribution < -0.4 is 11.1 Å². The van der Waals surface area contributed by atoms with Crippen LogP contribution in [0.1, 0.15) is 5.56 Å². The Balaban J connectivity index is 2.53. The molecule has 0 saturated carbocycles. The van der Waals surface area contributed by atoms with E-state index in [-0.39, 0.29) is 12.4 Å². The third-order valence-corrected chi connectivity index (χ3v) is 2.57. The van der Waals surface area contributed by atoms with E-state index in [1.807, 2.05) is 18.2 Å². The van der Waals surface area contributed by atoms with Crippen molar-refractivity contribution >= 4 is 11.6 Å². The van der Waals surface area contributed by atoms with E-state index in [4.69, 9.17) is 16.1 Å². The number of rotatable bonds is 4. The lowest BCUT2D eigenvalue weighted by Gasteiger charge is -2.12. The first-order valence-electron chi connectivity index (χ1n) is 5.72. The van der Waals surface area contributed by atoms with Gasteiger partial charge in [0.15, 0.2) is 0 Å². The molecule has 19 heavy (non-hydrogen) atoms. The van der Waals surface area contributed by atoms with Crippen LogP contribution >= 0.6 is 0 Å². The molecule has 0 saturated heterocycles. The van der Waals surface area contributed by atoms with E-state index < -0.39 is 0 Å². The molecule has 0 spiro atoms. The summed E-state index contributed by atoms with van der Waals surface area (Å²) in [7, 11) is 0. The summed E-state index contributed by atoms with van der Waals surface area (Å²) in [4.78, 5) is 8.12. The lowest BCUT2D eigenvalue weighted by molar-refractivity contribution is 0.311. The van der Waals surface area contributed by atoms with Gasteiger partial charge in [-0.15, -0.1) is 0 Å². The smallest absolute Gasteiger partial charge is 0.143 e. The number of nitrogens with zero attached hydrogens (tertiary/aromatic N) is 3. The topological polar surface area (TPSA) is 108 Å². The first-order valence-corrected chi connectivity index (χ1v) is 5.72. The van der Waals surface area contributed by atoms with Crippen LogP contribution in [0.2, 0.25) is 0 Å². The van der Waals surface area contributed by atoms with Crippen molar-refractivity contribution in [1.82, 2.24) is 9.97 Å². The minimum atomic E-state index is -0.0165. The monoisotopic (exact) mass is 255 g/mol. The quantitative estimate of drug-likeness (QED) is 0.752. The average molecular weight is 255 g/mol. The normalized spacial score (nSPS) is 9.89. The Morgan fingerprint density at radius 3 is 2.74 bits per heavy atom. The van der Waals surface area contributed by atoms with Crippen molar-refractivity contribution in [3.8, 4) is 17.2 Å². The number of aliphatic hydroxyl groups excluding tert-OH is 1. The predicted octanol–water partition coefficient (Wildman–Crippen LogP) is 1.00. The van der Waals surface area contributed by atoms with Gasteiger partial charge in [0, 0.05) is 24.5 Å². The van der Waals surface area contributed by atoms with Gasteiger partial charge in [-0.25, -0.2) is 4.98 Å². The maximum absolute atomic E-state index is 9.01. The number of nitrogens with two attached hydrogens (primary N) is 1. The fraction of sp³-hybridized carbons (Fsp3) is 0.154. The predicted molar refractivity (Wildman–Crippen MR) is 72.2 cm³/mol. The molecule has 2 rings (SSSR count). The maximum Gasteiger partial charge on any atom is 0.143 e. The molecule has 4 N–H and O–H groups in total. The molecule has 0 atom stereocenters. The summed E-state index contributed by atoms with van der Waals surface area (Å²) in [6, 6.07) is 7.32. The SMILES string of the molecule is N#Cc1cc(-c2ccncc2)c(NCCO)nc1N. The van der Waals surface area contributed by atoms with Crippen molar-refractivity contribution < 1.29 is 5.11 Å². The van der Waals surface area contributed by atoms with E-state index in [1.165, 1.54) is 0 Å². The van der Waals surface area contributed by atoms with Gasteiger partial charge in [0.2, 0.25) is 0 Å². The summed E-state index contributed by atoms with van der Waals surface area (Å²) in [5.74, 6) is 0.706. The van der Waals surface area contributed by atoms with Crippen molar-refractivity contribution in [2.45, 2.75) is 0 Å². The number of nitrogens with one attached hydrogen (secondary N) is 1. The zero-order valence-electron chi connectivity index (χ0n) is 10.2. The fourth-order valence-corrected chi connectivity index (χ4v) is 1.68. The molecule has 0 aromatic carbocycles. The molecule has 6 nitrogen and oxygen atoms in total. The Kier molecular flexibility index (Phi) is 3.90. The minimum absolute atomic E-state index is 0.0165. The van der Waals surface area contributed by atoms with Crippen molar-refractivity contribution in [1.29, 1.82) is 5.26 Å². The Morgan fingerprint density at radius 1 is 1.37 bits per heavy atom. The summed E-state index contributed by atoms with van der Waals surface area (Å²) in [5, 5.41) is 20.9. The van der Waals surface area contributed by atoms with Gasteiger partial charge >= 0.3 is 0 Å². The van der Waals surface area contributed by atoms with Crippen molar-refractivity contribution in [3.63, 3.8) is 0 Å². The zero-order chi connectivity index (χ0) is 13.7. The standard InChI is InChI=1S/C13H13N5O/c14-8-10-7-11(9-1-3-16-4-2-9)13(17-5-6-19)18-12(10)15/h1-4,7,19H,5-6H2,(H3,15,17,18). The molecule has 2 heterocycles. The molecular formula is C13H13N5O. The second-order valence-electron chi connectivity index (χ2n) is 3.82. The molecule has 0 amide bonds. The molecule has 0 unspecified atom stereocenters. The first-order chi connectivity index (χ1) is 9.26. The van der Waals surface area contributed by atoms with Gasteiger partial charge in [-0.05, 0) is 23.8 Å². The summed E-state index contributed by atoms with van der Waals surface area (Å²) < 4.78 is 0. The number of pyridine rings is 2. The van der Waals surface area contributed by atoms with Crippen LogP contribution in [0.25, 0.3) is 11.1 Å². The zero-order valence-corrected chi connectivity index (χ0v) is 10.2. The van der Waals surface area contributed by atoms with Gasteiger partial charge in [0.25, 0.3) is 0 Å². The lowest BCUT2D eigenvalue weighted by atomic mass is 10.1. The number of hydrogen-bond donors (Lipinski definition) is 3. The fourth-order valence-electron chi connectivity index (χ4n) is 1.68. The summed E-state index contributed by atoms with van der Waals surface area (Å²) >= 11 is 0. The van der Waals surface area contributed by atoms with Crippen molar-refractivity contribution in [2.75, 3.05) is 24.2 Å². The summed E-state index contributed by atoms with van der Waals surface area (Å²) in [5.41, 5.74) is 7.65. The highest BCUT2D eigenvalue weighted by Gasteiger charge is 2.11. The van der Waals surface area contributed by atoms with Crippen molar-refractivity contribution in [2.24, 2.45) is 0 Å². The first kappa shape index (κ1) is 12.8. The number of aromatic nitrogens is 2. The van der Waals surface area contributed by atoms with Crippen LogP contribution in [0.15, 0.2) is 30.6 Å². The lowest BCUT2D eigenvalue weighted by Crippen LogP contribution is -2.10. The minimum Gasteiger partial charge on any atom is -0.395 e. The van der Waals surface area contributed by atoms with Gasteiger partial charge in [-0.3, -0.25) is 4.98 Å². The van der Waals surface area contributed by atoms with Gasteiger partial charge in [0.1, 0.15) is 17.7 Å². The molecule has 0 bridgehead atoms. The molecule has 96 valence electrons. The second kappa shape index (κ2) is 5.80. The van der Waals surface area contributed by atoms with E-state index >= 15 is 0 Å². The maximum atomic E-state index is 9.01. The van der Waals surface area contributed by atoms with Crippen molar-refractivity contribution in [3.05, 3.63) is 36.2 Å². The number of aliphatic hydroxyl groups is 1. The van der Waals surface area contributed by atoms with Gasteiger partial charge in [0.05, 0.1) is 12.2 Å². The molecule has 2 aromatic heterocycles. The highest BCUT2D eigenvalue weighted by Crippen LogP contribution is 2.28. The second-order valence-corrected chi connectivity index (χ2v) is 3.82. The molecule has 0 aliphatic rings. The van der Waals surface area contributed by atoms with Gasteiger partial charge in [-0.1, -0.05) is 0 Å². The molecular weight excluding hydrogens is 242 g/mol. The number of anilines is 2. The molecule has 0 aliphatic carbocycles. The number of nitriles is 1.